The Bertz CT molecular complexity index is 913. The molecular weight excluding hydrogens is 376 g/mol. The maximum Gasteiger partial charge on any atom is 0.309 e. The Kier molecular flexibility index (Phi) is 5.15. The van der Waals surface area contributed by atoms with Crippen LogP contribution in [0.4, 0.5) is 0 Å². The SMILES string of the molecule is O=C1OCCC1CC(S(=O)(=O)c1ccccc1)S(=O)(=O)c1ccccc1. The third-order valence-corrected chi connectivity index (χ3v) is 9.50. The average molecular weight is 394 g/mol. The Hall–Kier alpha value is -2.19. The van der Waals surface area contributed by atoms with E-state index in [1.165, 1.54) is 48.5 Å². The number of ether oxygens (including phenoxy) is 1. The second-order valence-corrected chi connectivity index (χ2v) is 10.6. The van der Waals surface area contributed by atoms with Crippen LogP contribution in [-0.4, -0.2) is 34.0 Å². The molecule has 1 saturated heterocycles. The Morgan fingerprint density at radius 3 is 1.69 bits per heavy atom. The van der Waals surface area contributed by atoms with Crippen LogP contribution in [0.2, 0.25) is 0 Å². The maximum absolute atomic E-state index is 13.1. The first kappa shape index (κ1) is 18.6. The summed E-state index contributed by atoms with van der Waals surface area (Å²) >= 11 is 0. The highest BCUT2D eigenvalue weighted by molar-refractivity contribution is 8.09. The van der Waals surface area contributed by atoms with Crippen LogP contribution in [-0.2, 0) is 29.2 Å². The van der Waals surface area contributed by atoms with Crippen molar-refractivity contribution in [2.75, 3.05) is 6.61 Å². The molecule has 0 aliphatic carbocycles. The van der Waals surface area contributed by atoms with Gasteiger partial charge in [0.2, 0.25) is 0 Å². The van der Waals surface area contributed by atoms with E-state index in [0.717, 1.165) is 0 Å². The number of carbonyl (C=O) groups is 1. The number of hydrogen-bond donors (Lipinski definition) is 0. The molecule has 0 aromatic heterocycles. The van der Waals surface area contributed by atoms with Crippen molar-refractivity contribution < 1.29 is 26.4 Å². The number of carbonyl (C=O) groups excluding carboxylic acids is 1. The van der Waals surface area contributed by atoms with Gasteiger partial charge in [0.15, 0.2) is 24.3 Å². The molecule has 0 saturated carbocycles. The van der Waals surface area contributed by atoms with Crippen molar-refractivity contribution in [1.29, 1.82) is 0 Å². The van der Waals surface area contributed by atoms with Crippen molar-refractivity contribution in [3.63, 3.8) is 0 Å². The van der Waals surface area contributed by atoms with E-state index in [0.29, 0.717) is 6.42 Å². The lowest BCUT2D eigenvalue weighted by Crippen LogP contribution is -2.34. The third-order valence-electron chi connectivity index (χ3n) is 4.36. The van der Waals surface area contributed by atoms with E-state index in [2.05, 4.69) is 0 Å². The summed E-state index contributed by atoms with van der Waals surface area (Å²) in [6.07, 6.45) is -0.0166. The molecule has 2 aromatic rings. The summed E-state index contributed by atoms with van der Waals surface area (Å²) < 4.78 is 55.6. The lowest BCUT2D eigenvalue weighted by atomic mass is 10.1. The minimum atomic E-state index is -4.21. The van der Waals surface area contributed by atoms with Gasteiger partial charge in [0.05, 0.1) is 22.3 Å². The van der Waals surface area contributed by atoms with Gasteiger partial charge in [-0.2, -0.15) is 0 Å². The molecule has 1 heterocycles. The quantitative estimate of drug-likeness (QED) is 0.697. The van der Waals surface area contributed by atoms with Gasteiger partial charge < -0.3 is 4.74 Å². The summed E-state index contributed by atoms with van der Waals surface area (Å²) in [4.78, 5) is 11.7. The van der Waals surface area contributed by atoms with Crippen LogP contribution < -0.4 is 0 Å². The van der Waals surface area contributed by atoms with Gasteiger partial charge in [-0.25, -0.2) is 16.8 Å². The molecule has 3 rings (SSSR count). The summed E-state index contributed by atoms with van der Waals surface area (Å²) in [5, 5.41) is 0. The van der Waals surface area contributed by atoms with Crippen LogP contribution in [0.1, 0.15) is 12.8 Å². The molecule has 138 valence electrons. The lowest BCUT2D eigenvalue weighted by molar-refractivity contribution is -0.141. The molecule has 26 heavy (non-hydrogen) atoms. The zero-order chi connectivity index (χ0) is 18.8. The zero-order valence-electron chi connectivity index (χ0n) is 13.8. The smallest absolute Gasteiger partial charge is 0.309 e. The van der Waals surface area contributed by atoms with Gasteiger partial charge in [-0.3, -0.25) is 4.79 Å². The van der Waals surface area contributed by atoms with E-state index in [9.17, 15) is 21.6 Å². The number of rotatable bonds is 6. The third kappa shape index (κ3) is 3.52. The van der Waals surface area contributed by atoms with Crippen molar-refractivity contribution in [2.45, 2.75) is 27.2 Å². The second kappa shape index (κ2) is 7.20. The van der Waals surface area contributed by atoms with Crippen LogP contribution in [0.3, 0.4) is 0 Å². The minimum Gasteiger partial charge on any atom is -0.465 e. The molecule has 8 heteroatoms. The van der Waals surface area contributed by atoms with Crippen molar-refractivity contribution in [3.8, 4) is 0 Å². The van der Waals surface area contributed by atoms with E-state index in [-0.39, 0.29) is 22.8 Å². The summed E-state index contributed by atoms with van der Waals surface area (Å²) in [6.45, 7) is 0.174. The van der Waals surface area contributed by atoms with E-state index in [4.69, 9.17) is 4.74 Å². The summed E-state index contributed by atoms with van der Waals surface area (Å²) in [5.41, 5.74) is 0. The van der Waals surface area contributed by atoms with Crippen molar-refractivity contribution >= 4 is 25.6 Å². The maximum atomic E-state index is 13.1. The van der Waals surface area contributed by atoms with Gasteiger partial charge in [0, 0.05) is 0 Å². The zero-order valence-corrected chi connectivity index (χ0v) is 15.4. The molecular formula is C18H18O6S2. The molecule has 1 fully saturated rings. The van der Waals surface area contributed by atoms with Crippen molar-refractivity contribution in [3.05, 3.63) is 60.7 Å². The van der Waals surface area contributed by atoms with Gasteiger partial charge in [-0.05, 0) is 37.1 Å². The highest BCUT2D eigenvalue weighted by Gasteiger charge is 2.44. The predicted octanol–water partition coefficient (Wildman–Crippen LogP) is 2.21. The molecule has 0 radical (unpaired) electrons. The van der Waals surface area contributed by atoms with E-state index >= 15 is 0 Å². The van der Waals surface area contributed by atoms with Crippen molar-refractivity contribution in [1.82, 2.24) is 0 Å². The molecule has 2 aromatic carbocycles. The molecule has 1 unspecified atom stereocenters. The number of hydrogen-bond acceptors (Lipinski definition) is 6. The Balaban J connectivity index is 2.09. The van der Waals surface area contributed by atoms with E-state index < -0.39 is 36.1 Å². The number of cyclic esters (lactones) is 1. The fourth-order valence-corrected chi connectivity index (χ4v) is 7.58. The van der Waals surface area contributed by atoms with Gasteiger partial charge in [-0.1, -0.05) is 36.4 Å². The van der Waals surface area contributed by atoms with Crippen molar-refractivity contribution in [2.24, 2.45) is 5.92 Å². The molecule has 0 spiro atoms. The van der Waals surface area contributed by atoms with E-state index in [1.807, 2.05) is 0 Å². The summed E-state index contributed by atoms with van der Waals surface area (Å²) in [6, 6.07) is 14.8. The highest BCUT2D eigenvalue weighted by atomic mass is 32.3. The number of benzene rings is 2. The average Bonchev–Trinajstić information content (AvgIpc) is 3.05. The monoisotopic (exact) mass is 394 g/mol. The fraction of sp³-hybridized carbons (Fsp3) is 0.278. The number of sulfone groups is 2. The standard InChI is InChI=1S/C18H18O6S2/c19-18-14(11-12-24-18)13-17(25(20,21)15-7-3-1-4-8-15)26(22,23)16-9-5-2-6-10-16/h1-10,14,17H,11-13H2. The molecule has 1 aliphatic heterocycles. The molecule has 0 N–H and O–H groups in total. The summed E-state index contributed by atoms with van der Waals surface area (Å²) in [7, 11) is -8.43. The normalized spacial score (nSPS) is 18.0. The Morgan fingerprint density at radius 1 is 0.846 bits per heavy atom. The van der Waals surface area contributed by atoms with Crippen LogP contribution >= 0.6 is 0 Å². The molecule has 1 atom stereocenters. The highest BCUT2D eigenvalue weighted by Crippen LogP contribution is 2.32. The van der Waals surface area contributed by atoms with Crippen LogP contribution in [0.25, 0.3) is 0 Å². The van der Waals surface area contributed by atoms with Gasteiger partial charge >= 0.3 is 5.97 Å². The van der Waals surface area contributed by atoms with Crippen LogP contribution in [0.5, 0.6) is 0 Å². The molecule has 0 bridgehead atoms. The lowest BCUT2D eigenvalue weighted by Gasteiger charge is -2.20. The fourth-order valence-electron chi connectivity index (χ4n) is 2.93. The second-order valence-electron chi connectivity index (χ2n) is 6.03. The molecule has 1 aliphatic rings. The van der Waals surface area contributed by atoms with Gasteiger partial charge in [0.1, 0.15) is 0 Å². The van der Waals surface area contributed by atoms with Crippen LogP contribution in [0.15, 0.2) is 70.5 Å². The topological polar surface area (TPSA) is 94.6 Å². The minimum absolute atomic E-state index is 0.0872. The molecule has 6 nitrogen and oxygen atoms in total. The predicted molar refractivity (Wildman–Crippen MR) is 94.7 cm³/mol. The molecule has 0 amide bonds. The largest absolute Gasteiger partial charge is 0.465 e. The number of esters is 1. The van der Waals surface area contributed by atoms with E-state index in [1.54, 1.807) is 12.1 Å². The Labute approximate surface area is 152 Å². The first-order chi connectivity index (χ1) is 12.3. The van der Waals surface area contributed by atoms with Gasteiger partial charge in [0.25, 0.3) is 0 Å². The summed E-state index contributed by atoms with van der Waals surface area (Å²) in [5.74, 6) is -1.31. The Morgan fingerprint density at radius 2 is 1.31 bits per heavy atom. The first-order valence-corrected chi connectivity index (χ1v) is 11.2. The first-order valence-electron chi connectivity index (χ1n) is 8.08. The van der Waals surface area contributed by atoms with Crippen LogP contribution in [0, 0.1) is 5.92 Å². The van der Waals surface area contributed by atoms with Gasteiger partial charge in [-0.15, -0.1) is 0 Å².